The Morgan fingerprint density at radius 3 is 2.10 bits per heavy atom. The molecule has 2 heteroatoms. The lowest BCUT2D eigenvalue weighted by molar-refractivity contribution is 0.185. The Kier molecular flexibility index (Phi) is 8.96. The molecule has 5 aliphatic rings. The summed E-state index contributed by atoms with van der Waals surface area (Å²) in [6, 6.07) is 9.80. The molecule has 0 aromatic heterocycles. The Balaban J connectivity index is 1.74. The second-order valence-electron chi connectivity index (χ2n) is 19.9. The van der Waals surface area contributed by atoms with Gasteiger partial charge in [0.05, 0.1) is 8.80 Å². The van der Waals surface area contributed by atoms with E-state index in [4.69, 9.17) is 4.74 Å². The molecule has 6 rings (SSSR count). The lowest BCUT2D eigenvalue weighted by atomic mass is 9.52. The second-order valence-corrected chi connectivity index (χ2v) is 23.3. The van der Waals surface area contributed by atoms with Crippen LogP contribution in [0.5, 0.6) is 5.75 Å². The first-order valence-electron chi connectivity index (χ1n) is 19.4. The number of allylic oxidation sites excluding steroid dienone is 8. The van der Waals surface area contributed by atoms with Crippen molar-refractivity contribution in [2.75, 3.05) is 6.61 Å². The highest BCUT2D eigenvalue weighted by molar-refractivity contribution is 6.61. The van der Waals surface area contributed by atoms with E-state index in [-0.39, 0.29) is 21.7 Å². The molecule has 1 nitrogen and oxygen atoms in total. The molecule has 0 N–H and O–H groups in total. The summed E-state index contributed by atoms with van der Waals surface area (Å²) in [5.74, 6) is 2.73. The van der Waals surface area contributed by atoms with Gasteiger partial charge in [0.25, 0.3) is 0 Å². The monoisotopic (exact) mass is 663 g/mol. The summed E-state index contributed by atoms with van der Waals surface area (Å²) < 4.78 is 6.79. The Morgan fingerprint density at radius 2 is 1.50 bits per heavy atom. The van der Waals surface area contributed by atoms with Crippen molar-refractivity contribution in [1.29, 1.82) is 0 Å². The number of hydrogen-bond acceptors (Lipinski definition) is 1. The first-order valence-corrected chi connectivity index (χ1v) is 21.4. The third-order valence-corrected chi connectivity index (χ3v) is 16.6. The van der Waals surface area contributed by atoms with E-state index in [1.165, 1.54) is 55.3 Å². The molecule has 0 heterocycles. The fourth-order valence-corrected chi connectivity index (χ4v) is 14.1. The molecule has 0 amide bonds. The highest BCUT2D eigenvalue weighted by Gasteiger charge is 2.58. The van der Waals surface area contributed by atoms with Gasteiger partial charge in [0.1, 0.15) is 12.4 Å². The van der Waals surface area contributed by atoms with Gasteiger partial charge in [-0.1, -0.05) is 156 Å². The molecule has 1 aromatic rings. The highest BCUT2D eigenvalue weighted by atomic mass is 28.3. The highest BCUT2D eigenvalue weighted by Crippen LogP contribution is 2.71. The van der Waals surface area contributed by atoms with Gasteiger partial charge in [-0.25, -0.2) is 0 Å². The zero-order valence-electron chi connectivity index (χ0n) is 33.0. The van der Waals surface area contributed by atoms with Gasteiger partial charge in [-0.05, 0) is 93.6 Å². The molecule has 0 spiro atoms. The van der Waals surface area contributed by atoms with Crippen molar-refractivity contribution >= 4 is 8.80 Å². The zero-order chi connectivity index (χ0) is 35.2. The summed E-state index contributed by atoms with van der Waals surface area (Å²) >= 11 is 0. The number of hydrogen-bond donors (Lipinski definition) is 0. The lowest BCUT2D eigenvalue weighted by Crippen LogP contribution is -2.42. The van der Waals surface area contributed by atoms with Crippen molar-refractivity contribution in [2.45, 2.75) is 151 Å². The molecule has 0 aliphatic heterocycles. The summed E-state index contributed by atoms with van der Waals surface area (Å²) in [6.07, 6.45) is 13.4. The maximum absolute atomic E-state index is 6.79. The van der Waals surface area contributed by atoms with Crippen LogP contribution in [0.3, 0.4) is 0 Å². The van der Waals surface area contributed by atoms with Crippen LogP contribution in [-0.2, 0) is 5.41 Å². The van der Waals surface area contributed by atoms with Crippen LogP contribution in [0.15, 0.2) is 76.4 Å². The molecular formula is C46H67OSi. The van der Waals surface area contributed by atoms with Gasteiger partial charge in [-0.3, -0.25) is 0 Å². The van der Waals surface area contributed by atoms with Crippen molar-refractivity contribution in [2.24, 2.45) is 33.5 Å². The van der Waals surface area contributed by atoms with Gasteiger partial charge >= 0.3 is 0 Å². The molecule has 1 aromatic carbocycles. The number of benzene rings is 1. The maximum atomic E-state index is 6.79. The lowest BCUT2D eigenvalue weighted by Gasteiger charge is -2.53. The summed E-state index contributed by atoms with van der Waals surface area (Å²) in [4.78, 5) is 0. The predicted octanol–water partition coefficient (Wildman–Crippen LogP) is 13.3. The minimum absolute atomic E-state index is 0.00858. The molecule has 1 fully saturated rings. The van der Waals surface area contributed by atoms with Crippen molar-refractivity contribution < 1.29 is 4.74 Å². The summed E-state index contributed by atoms with van der Waals surface area (Å²) in [5, 5.41) is 0. The van der Waals surface area contributed by atoms with Gasteiger partial charge in [0.15, 0.2) is 0 Å². The van der Waals surface area contributed by atoms with E-state index in [1.807, 2.05) is 17.2 Å². The molecule has 0 saturated heterocycles. The minimum Gasteiger partial charge on any atom is -0.489 e. The van der Waals surface area contributed by atoms with E-state index in [0.717, 1.165) is 5.75 Å². The van der Waals surface area contributed by atoms with E-state index < -0.39 is 8.80 Å². The van der Waals surface area contributed by atoms with Crippen LogP contribution in [0.4, 0.5) is 0 Å². The topological polar surface area (TPSA) is 9.23 Å². The van der Waals surface area contributed by atoms with Crippen LogP contribution in [0, 0.1) is 33.5 Å². The van der Waals surface area contributed by atoms with Crippen molar-refractivity contribution in [3.8, 4) is 5.75 Å². The van der Waals surface area contributed by atoms with E-state index in [9.17, 15) is 0 Å². The van der Waals surface area contributed by atoms with E-state index in [0.29, 0.717) is 35.3 Å². The van der Waals surface area contributed by atoms with Gasteiger partial charge in [-0.2, -0.15) is 0 Å². The number of para-hydroxylation sites is 1. The van der Waals surface area contributed by atoms with Gasteiger partial charge in [0, 0.05) is 22.3 Å². The molecule has 1 radical (unpaired) electrons. The summed E-state index contributed by atoms with van der Waals surface area (Å²) in [5.41, 5.74) is 14.8. The maximum Gasteiger partial charge on any atom is 0.127 e. The van der Waals surface area contributed by atoms with Crippen LogP contribution in [0.1, 0.15) is 139 Å². The van der Waals surface area contributed by atoms with Crippen molar-refractivity contribution in [3.05, 3.63) is 87.6 Å². The van der Waals surface area contributed by atoms with Crippen LogP contribution in [-0.4, -0.2) is 15.4 Å². The van der Waals surface area contributed by atoms with Gasteiger partial charge < -0.3 is 4.74 Å². The third-order valence-electron chi connectivity index (χ3n) is 13.2. The SMILES string of the molecule is C=CCOc1c(C2CC(C)(C)CC3=C2C2=C4C(=C5CCC(C)(C)CC5C2C3[Si](CC)CC)C(C)(C)C=CC4(C)C)cccc1C(C)(C)C. The van der Waals surface area contributed by atoms with Crippen LogP contribution >= 0.6 is 0 Å². The first-order chi connectivity index (χ1) is 22.3. The average molecular weight is 664 g/mol. The Bertz CT molecular complexity index is 1590. The third kappa shape index (κ3) is 5.82. The molecule has 261 valence electrons. The fraction of sp³-hybridized carbons (Fsp3) is 0.652. The van der Waals surface area contributed by atoms with Gasteiger partial charge in [-0.15, -0.1) is 0 Å². The van der Waals surface area contributed by atoms with E-state index >= 15 is 0 Å². The molecule has 48 heavy (non-hydrogen) atoms. The second kappa shape index (κ2) is 12.0. The Labute approximate surface area is 297 Å². The molecule has 4 unspecified atom stereocenters. The minimum atomic E-state index is -0.614. The largest absolute Gasteiger partial charge is 0.489 e. The Morgan fingerprint density at radius 1 is 0.854 bits per heavy atom. The first kappa shape index (κ1) is 35.8. The molecular weight excluding hydrogens is 597 g/mol. The van der Waals surface area contributed by atoms with Crippen molar-refractivity contribution in [3.63, 3.8) is 0 Å². The zero-order valence-corrected chi connectivity index (χ0v) is 34.0. The molecule has 4 atom stereocenters. The predicted molar refractivity (Wildman–Crippen MR) is 209 cm³/mol. The van der Waals surface area contributed by atoms with Crippen molar-refractivity contribution in [1.82, 2.24) is 0 Å². The van der Waals surface area contributed by atoms with Crippen LogP contribution in [0.2, 0.25) is 17.6 Å². The fourth-order valence-electron chi connectivity index (χ4n) is 11.1. The summed E-state index contributed by atoms with van der Waals surface area (Å²) in [6.45, 7) is 37.1. The van der Waals surface area contributed by atoms with E-state index in [1.54, 1.807) is 22.3 Å². The van der Waals surface area contributed by atoms with Crippen LogP contribution in [0.25, 0.3) is 0 Å². The molecule has 5 aliphatic carbocycles. The standard InChI is InChI=1S/C46H67OSi/c1-15-25-47-40-30(19-18-20-34(40)42(4,5)6)32-27-44(9,10)28-33-35(32)37-36(41(33)48(16-2)17-3)31-26-43(7,8)22-21-29(31)38-39(37)46(13,14)24-23-45(38,11)12/h15,18-20,23-24,31-32,36,41H,1,16-17,21-22,25-28H2,2-14H3. The normalized spacial score (nSPS) is 29.8. The van der Waals surface area contributed by atoms with E-state index in [2.05, 4.69) is 127 Å². The quantitative estimate of drug-likeness (QED) is 0.208. The summed E-state index contributed by atoms with van der Waals surface area (Å²) in [7, 11) is -0.614. The molecule has 0 bridgehead atoms. The number of rotatable bonds is 7. The Hall–Kier alpha value is -2.06. The smallest absolute Gasteiger partial charge is 0.127 e. The average Bonchev–Trinajstić information content (AvgIpc) is 3.31. The van der Waals surface area contributed by atoms with Gasteiger partial charge in [0.2, 0.25) is 0 Å². The molecule has 1 saturated carbocycles. The number of ether oxygens (including phenoxy) is 1. The van der Waals surface area contributed by atoms with Crippen LogP contribution < -0.4 is 4.74 Å². The number of fused-ring (bicyclic) bond motifs is 5.